The van der Waals surface area contributed by atoms with E-state index in [0.29, 0.717) is 10.7 Å². The largest absolute Gasteiger partial charge is 0.452 e. The standard InChI is InChI=1S/C27H22ClN3O3/c1-18-15-20-7-5-6-10-24(20)31(18)25(32)17-34-27(33)23-16-30(22-8-3-2-4-9-22)29-26(23)19-11-13-21(28)14-12-19/h2-14,16,18H,15,17H2,1H3/t18-/m1/s1. The SMILES string of the molecule is C[C@@H]1Cc2ccccc2N1C(=O)COC(=O)c1cn(-c2ccccc2)nc1-c1ccc(Cl)cc1. The maximum Gasteiger partial charge on any atom is 0.342 e. The Morgan fingerprint density at radius 1 is 1.00 bits per heavy atom. The van der Waals surface area contributed by atoms with E-state index in [2.05, 4.69) is 5.10 Å². The molecule has 0 N–H and O–H groups in total. The maximum absolute atomic E-state index is 13.1. The lowest BCUT2D eigenvalue weighted by atomic mass is 10.1. The Morgan fingerprint density at radius 2 is 1.71 bits per heavy atom. The van der Waals surface area contributed by atoms with Gasteiger partial charge in [-0.25, -0.2) is 9.48 Å². The molecule has 0 radical (unpaired) electrons. The van der Waals surface area contributed by atoms with Crippen molar-refractivity contribution in [3.8, 4) is 16.9 Å². The number of hydrogen-bond acceptors (Lipinski definition) is 4. The number of anilines is 1. The van der Waals surface area contributed by atoms with Gasteiger partial charge in [0.1, 0.15) is 11.3 Å². The van der Waals surface area contributed by atoms with Crippen molar-refractivity contribution in [2.75, 3.05) is 11.5 Å². The normalized spacial score (nSPS) is 14.6. The first-order chi connectivity index (χ1) is 16.5. The summed E-state index contributed by atoms with van der Waals surface area (Å²) in [7, 11) is 0. The molecule has 1 atom stereocenters. The Labute approximate surface area is 202 Å². The van der Waals surface area contributed by atoms with E-state index in [0.717, 1.165) is 28.9 Å². The van der Waals surface area contributed by atoms with E-state index in [1.54, 1.807) is 40.0 Å². The summed E-state index contributed by atoms with van der Waals surface area (Å²) in [5, 5.41) is 5.21. The number of ether oxygens (including phenoxy) is 1. The van der Waals surface area contributed by atoms with Crippen molar-refractivity contribution in [3.63, 3.8) is 0 Å². The number of benzene rings is 3. The molecule has 1 aliphatic heterocycles. The summed E-state index contributed by atoms with van der Waals surface area (Å²) in [6.45, 7) is 1.64. The monoisotopic (exact) mass is 471 g/mol. The fourth-order valence-corrected chi connectivity index (χ4v) is 4.40. The van der Waals surface area contributed by atoms with Gasteiger partial charge in [0.2, 0.25) is 0 Å². The molecule has 1 aromatic heterocycles. The van der Waals surface area contributed by atoms with Crippen LogP contribution in [0.1, 0.15) is 22.8 Å². The van der Waals surface area contributed by atoms with Crippen LogP contribution < -0.4 is 4.90 Å². The lowest BCUT2D eigenvalue weighted by molar-refractivity contribution is -0.122. The molecule has 170 valence electrons. The van der Waals surface area contributed by atoms with E-state index >= 15 is 0 Å². The molecule has 0 bridgehead atoms. The van der Waals surface area contributed by atoms with E-state index in [1.807, 2.05) is 61.5 Å². The predicted molar refractivity (Wildman–Crippen MR) is 131 cm³/mol. The molecule has 1 amide bonds. The number of aromatic nitrogens is 2. The van der Waals surface area contributed by atoms with Crippen molar-refractivity contribution in [3.05, 3.63) is 101 Å². The predicted octanol–water partition coefficient (Wildman–Crippen LogP) is 5.33. The smallest absolute Gasteiger partial charge is 0.342 e. The molecular formula is C27H22ClN3O3. The lowest BCUT2D eigenvalue weighted by Gasteiger charge is -2.22. The van der Waals surface area contributed by atoms with Gasteiger partial charge in [0.15, 0.2) is 6.61 Å². The second kappa shape index (κ2) is 9.15. The van der Waals surface area contributed by atoms with Gasteiger partial charge in [0.05, 0.1) is 5.69 Å². The summed E-state index contributed by atoms with van der Waals surface area (Å²) in [6, 6.07) is 24.4. The molecule has 3 aromatic carbocycles. The van der Waals surface area contributed by atoms with Gasteiger partial charge in [-0.1, -0.05) is 60.1 Å². The Hall–Kier alpha value is -3.90. The molecule has 6 nitrogen and oxygen atoms in total. The van der Waals surface area contributed by atoms with E-state index < -0.39 is 5.97 Å². The molecule has 0 spiro atoms. The second-order valence-corrected chi connectivity index (χ2v) is 8.64. The van der Waals surface area contributed by atoms with Crippen molar-refractivity contribution in [2.24, 2.45) is 0 Å². The Balaban J connectivity index is 1.40. The number of rotatable bonds is 5. The number of nitrogens with zero attached hydrogens (tertiary/aromatic N) is 3. The zero-order chi connectivity index (χ0) is 23.7. The van der Waals surface area contributed by atoms with Crippen LogP contribution in [-0.4, -0.2) is 34.3 Å². The van der Waals surface area contributed by atoms with Crippen LogP contribution in [-0.2, 0) is 16.0 Å². The molecule has 34 heavy (non-hydrogen) atoms. The molecule has 2 heterocycles. The van der Waals surface area contributed by atoms with Crippen LogP contribution in [0.2, 0.25) is 5.02 Å². The highest BCUT2D eigenvalue weighted by atomic mass is 35.5. The zero-order valence-corrected chi connectivity index (χ0v) is 19.3. The van der Waals surface area contributed by atoms with E-state index in [-0.39, 0.29) is 24.1 Å². The minimum absolute atomic E-state index is 0.00839. The summed E-state index contributed by atoms with van der Waals surface area (Å²) >= 11 is 6.04. The third kappa shape index (κ3) is 4.20. The zero-order valence-electron chi connectivity index (χ0n) is 18.5. The molecule has 4 aromatic rings. The number of fused-ring (bicyclic) bond motifs is 1. The summed E-state index contributed by atoms with van der Waals surface area (Å²) in [5.41, 5.74) is 4.24. The summed E-state index contributed by atoms with van der Waals surface area (Å²) < 4.78 is 7.12. The van der Waals surface area contributed by atoms with Gasteiger partial charge in [0, 0.05) is 28.5 Å². The molecule has 0 saturated carbocycles. The third-order valence-electron chi connectivity index (χ3n) is 5.88. The Bertz CT molecular complexity index is 1350. The van der Waals surface area contributed by atoms with Gasteiger partial charge in [0.25, 0.3) is 5.91 Å². The van der Waals surface area contributed by atoms with Crippen molar-refractivity contribution in [1.29, 1.82) is 0 Å². The van der Waals surface area contributed by atoms with Crippen LogP contribution in [0, 0.1) is 0 Å². The van der Waals surface area contributed by atoms with Crippen LogP contribution in [0.3, 0.4) is 0 Å². The van der Waals surface area contributed by atoms with Gasteiger partial charge in [-0.3, -0.25) is 4.79 Å². The summed E-state index contributed by atoms with van der Waals surface area (Å²) in [5.74, 6) is -0.866. The Kier molecular flexibility index (Phi) is 5.90. The van der Waals surface area contributed by atoms with Gasteiger partial charge in [-0.15, -0.1) is 0 Å². The fourth-order valence-electron chi connectivity index (χ4n) is 4.28. The molecule has 7 heteroatoms. The molecule has 0 aliphatic carbocycles. The highest BCUT2D eigenvalue weighted by molar-refractivity contribution is 6.30. The van der Waals surface area contributed by atoms with Crippen molar-refractivity contribution >= 4 is 29.2 Å². The minimum atomic E-state index is -0.611. The molecule has 0 saturated heterocycles. The van der Waals surface area contributed by atoms with Crippen molar-refractivity contribution in [1.82, 2.24) is 9.78 Å². The highest BCUT2D eigenvalue weighted by Crippen LogP contribution is 2.32. The number of hydrogen-bond donors (Lipinski definition) is 0. The number of amides is 1. The van der Waals surface area contributed by atoms with Crippen LogP contribution in [0.4, 0.5) is 5.69 Å². The van der Waals surface area contributed by atoms with Crippen LogP contribution >= 0.6 is 11.6 Å². The van der Waals surface area contributed by atoms with E-state index in [4.69, 9.17) is 16.3 Å². The van der Waals surface area contributed by atoms with Gasteiger partial charge >= 0.3 is 5.97 Å². The number of carbonyl (C=O) groups excluding carboxylic acids is 2. The molecule has 0 unspecified atom stereocenters. The Morgan fingerprint density at radius 3 is 2.47 bits per heavy atom. The van der Waals surface area contributed by atoms with Crippen LogP contribution in [0.15, 0.2) is 85.1 Å². The number of esters is 1. The maximum atomic E-state index is 13.1. The molecule has 1 aliphatic rings. The fraction of sp³-hybridized carbons (Fsp3) is 0.148. The van der Waals surface area contributed by atoms with Crippen molar-refractivity contribution in [2.45, 2.75) is 19.4 Å². The summed E-state index contributed by atoms with van der Waals surface area (Å²) in [6.07, 6.45) is 2.40. The quantitative estimate of drug-likeness (QED) is 0.369. The molecule has 5 rings (SSSR count). The molecule has 0 fully saturated rings. The van der Waals surface area contributed by atoms with Crippen LogP contribution in [0.5, 0.6) is 0 Å². The first kappa shape index (κ1) is 21.9. The van der Waals surface area contributed by atoms with E-state index in [1.165, 1.54) is 0 Å². The first-order valence-corrected chi connectivity index (χ1v) is 11.4. The second-order valence-electron chi connectivity index (χ2n) is 8.20. The van der Waals surface area contributed by atoms with Gasteiger partial charge < -0.3 is 9.64 Å². The minimum Gasteiger partial charge on any atom is -0.452 e. The number of halogens is 1. The lowest BCUT2D eigenvalue weighted by Crippen LogP contribution is -2.38. The average Bonchev–Trinajstić information content (AvgIpc) is 3.44. The third-order valence-corrected chi connectivity index (χ3v) is 6.13. The number of para-hydroxylation sites is 2. The first-order valence-electron chi connectivity index (χ1n) is 11.0. The van der Waals surface area contributed by atoms with Gasteiger partial charge in [-0.2, -0.15) is 5.10 Å². The highest BCUT2D eigenvalue weighted by Gasteiger charge is 2.31. The van der Waals surface area contributed by atoms with Gasteiger partial charge in [-0.05, 0) is 49.2 Å². The average molecular weight is 472 g/mol. The van der Waals surface area contributed by atoms with Crippen molar-refractivity contribution < 1.29 is 14.3 Å². The number of carbonyl (C=O) groups is 2. The van der Waals surface area contributed by atoms with Crippen LogP contribution in [0.25, 0.3) is 16.9 Å². The van der Waals surface area contributed by atoms with E-state index in [9.17, 15) is 9.59 Å². The topological polar surface area (TPSA) is 64.4 Å². The summed E-state index contributed by atoms with van der Waals surface area (Å²) in [4.78, 5) is 27.8. The molecular weight excluding hydrogens is 450 g/mol.